The zero-order valence-electron chi connectivity index (χ0n) is 13.4. The Labute approximate surface area is 143 Å². The zero-order valence-corrected chi connectivity index (χ0v) is 13.4. The van der Waals surface area contributed by atoms with Gasteiger partial charge >= 0.3 is 0 Å². The second-order valence-electron chi connectivity index (χ2n) is 5.92. The van der Waals surface area contributed by atoms with Crippen molar-refractivity contribution >= 4 is 28.1 Å². The minimum atomic E-state index is -0.488. The Morgan fingerprint density at radius 3 is 2.76 bits per heavy atom. The van der Waals surface area contributed by atoms with E-state index < -0.39 is 4.92 Å². The van der Waals surface area contributed by atoms with Crippen LogP contribution in [0.3, 0.4) is 0 Å². The van der Waals surface area contributed by atoms with Gasteiger partial charge in [-0.2, -0.15) is 0 Å². The molecule has 8 nitrogen and oxygen atoms in total. The Kier molecular flexibility index (Phi) is 3.73. The van der Waals surface area contributed by atoms with Crippen LogP contribution in [0.2, 0.25) is 0 Å². The molecule has 4 rings (SSSR count). The molecular weight excluding hydrogens is 322 g/mol. The first-order valence-corrected chi connectivity index (χ1v) is 7.98. The number of benzene rings is 2. The topological polar surface area (TPSA) is 110 Å². The van der Waals surface area contributed by atoms with Crippen LogP contribution < -0.4 is 10.6 Å². The van der Waals surface area contributed by atoms with Crippen LogP contribution >= 0.6 is 0 Å². The van der Waals surface area contributed by atoms with Crippen molar-refractivity contribution < 1.29 is 9.66 Å². The highest BCUT2D eigenvalue weighted by atomic mass is 16.6. The Hall–Kier alpha value is -3.13. The number of hydrogen-bond donors (Lipinski definition) is 2. The molecule has 128 valence electrons. The van der Waals surface area contributed by atoms with Crippen LogP contribution in [0.1, 0.15) is 0 Å². The Morgan fingerprint density at radius 2 is 2.00 bits per heavy atom. The van der Waals surface area contributed by atoms with Gasteiger partial charge in [-0.3, -0.25) is 10.1 Å². The van der Waals surface area contributed by atoms with Gasteiger partial charge in [-0.15, -0.1) is 0 Å². The first-order valence-electron chi connectivity index (χ1n) is 7.98. The largest absolute Gasteiger partial charge is 0.393 e. The molecule has 3 aromatic rings. The van der Waals surface area contributed by atoms with Gasteiger partial charge in [-0.05, 0) is 30.3 Å². The Balaban J connectivity index is 1.71. The molecule has 1 aromatic heterocycles. The van der Waals surface area contributed by atoms with Gasteiger partial charge in [-0.1, -0.05) is 0 Å². The van der Waals surface area contributed by atoms with Crippen LogP contribution in [0.25, 0.3) is 22.4 Å². The zero-order chi connectivity index (χ0) is 17.4. The molecule has 25 heavy (non-hydrogen) atoms. The van der Waals surface area contributed by atoms with Crippen LogP contribution in [0.4, 0.5) is 17.1 Å². The summed E-state index contributed by atoms with van der Waals surface area (Å²) in [6.07, 6.45) is 0. The van der Waals surface area contributed by atoms with Crippen LogP contribution in [0.5, 0.6) is 0 Å². The molecule has 0 unspecified atom stereocenters. The number of imidazole rings is 1. The van der Waals surface area contributed by atoms with Gasteiger partial charge in [0.05, 0.1) is 29.2 Å². The second kappa shape index (κ2) is 6.06. The lowest BCUT2D eigenvalue weighted by Gasteiger charge is -2.28. The molecule has 1 aliphatic rings. The highest BCUT2D eigenvalue weighted by Crippen LogP contribution is 2.29. The van der Waals surface area contributed by atoms with E-state index in [2.05, 4.69) is 14.9 Å². The quantitative estimate of drug-likeness (QED) is 0.431. The minimum absolute atomic E-state index is 0.119. The fourth-order valence-corrected chi connectivity index (χ4v) is 3.00. The van der Waals surface area contributed by atoms with E-state index in [-0.39, 0.29) is 11.4 Å². The van der Waals surface area contributed by atoms with Gasteiger partial charge in [0.15, 0.2) is 0 Å². The monoisotopic (exact) mass is 339 g/mol. The van der Waals surface area contributed by atoms with Crippen molar-refractivity contribution in [2.24, 2.45) is 0 Å². The summed E-state index contributed by atoms with van der Waals surface area (Å²) in [6, 6.07) is 10.7. The van der Waals surface area contributed by atoms with Crippen molar-refractivity contribution in [2.45, 2.75) is 0 Å². The van der Waals surface area contributed by atoms with E-state index in [1.807, 2.05) is 18.2 Å². The van der Waals surface area contributed by atoms with Crippen LogP contribution in [0, 0.1) is 10.1 Å². The number of rotatable bonds is 3. The normalized spacial score (nSPS) is 14.8. The summed E-state index contributed by atoms with van der Waals surface area (Å²) >= 11 is 0. The van der Waals surface area contributed by atoms with E-state index in [0.29, 0.717) is 11.4 Å². The fraction of sp³-hybridized carbons (Fsp3) is 0.235. The van der Waals surface area contributed by atoms with E-state index >= 15 is 0 Å². The SMILES string of the molecule is Nc1ccc(-c2nc3ccc(N4CCOCC4)cc3[nH]2)cc1[N+](=O)[O-]. The fourth-order valence-electron chi connectivity index (χ4n) is 3.00. The maximum atomic E-state index is 11.1. The molecule has 0 spiro atoms. The van der Waals surface area contributed by atoms with E-state index in [0.717, 1.165) is 43.0 Å². The van der Waals surface area contributed by atoms with Crippen molar-refractivity contribution in [3.8, 4) is 11.4 Å². The number of nitrogens with zero attached hydrogens (tertiary/aromatic N) is 3. The number of hydrogen-bond acceptors (Lipinski definition) is 6. The lowest BCUT2D eigenvalue weighted by Crippen LogP contribution is -2.36. The lowest BCUT2D eigenvalue weighted by molar-refractivity contribution is -0.383. The van der Waals surface area contributed by atoms with Crippen molar-refractivity contribution in [1.29, 1.82) is 0 Å². The number of nitrogens with one attached hydrogen (secondary N) is 1. The molecule has 2 aromatic carbocycles. The Bertz CT molecular complexity index is 947. The summed E-state index contributed by atoms with van der Waals surface area (Å²) in [4.78, 5) is 20.6. The number of anilines is 2. The van der Waals surface area contributed by atoms with E-state index in [9.17, 15) is 10.1 Å². The number of nitrogens with two attached hydrogens (primary N) is 1. The smallest absolute Gasteiger partial charge is 0.292 e. The van der Waals surface area contributed by atoms with Crippen LogP contribution in [0.15, 0.2) is 36.4 Å². The predicted molar refractivity (Wildman–Crippen MR) is 95.6 cm³/mol. The third kappa shape index (κ3) is 2.87. The first kappa shape index (κ1) is 15.4. The average molecular weight is 339 g/mol. The number of morpholine rings is 1. The number of ether oxygens (including phenoxy) is 1. The molecule has 8 heteroatoms. The van der Waals surface area contributed by atoms with Gasteiger partial charge in [0, 0.05) is 30.4 Å². The number of nitro benzene ring substituents is 1. The summed E-state index contributed by atoms with van der Waals surface area (Å²) in [5.41, 5.74) is 9.11. The molecule has 2 heterocycles. The summed E-state index contributed by atoms with van der Waals surface area (Å²) in [7, 11) is 0. The predicted octanol–water partition coefficient (Wildman–Crippen LogP) is 2.56. The summed E-state index contributed by atoms with van der Waals surface area (Å²) in [5, 5.41) is 11.1. The number of nitro groups is 1. The number of aromatic amines is 1. The van der Waals surface area contributed by atoms with Gasteiger partial charge < -0.3 is 20.4 Å². The van der Waals surface area contributed by atoms with Gasteiger partial charge in [0.1, 0.15) is 11.5 Å². The molecule has 0 radical (unpaired) electrons. The third-order valence-electron chi connectivity index (χ3n) is 4.34. The number of fused-ring (bicyclic) bond motifs is 1. The van der Waals surface area contributed by atoms with Crippen molar-refractivity contribution in [2.75, 3.05) is 36.9 Å². The summed E-state index contributed by atoms with van der Waals surface area (Å²) < 4.78 is 5.38. The number of H-pyrrole nitrogens is 1. The highest BCUT2D eigenvalue weighted by molar-refractivity contribution is 5.83. The maximum Gasteiger partial charge on any atom is 0.292 e. The third-order valence-corrected chi connectivity index (χ3v) is 4.34. The molecule has 1 fully saturated rings. The van der Waals surface area contributed by atoms with Gasteiger partial charge in [-0.25, -0.2) is 4.98 Å². The standard InChI is InChI=1S/C17H17N5O3/c18-13-3-1-11(9-16(13)22(23)24)17-19-14-4-2-12(10-15(14)20-17)21-5-7-25-8-6-21/h1-4,9-10H,5-8,18H2,(H,19,20). The molecule has 0 atom stereocenters. The molecular formula is C17H17N5O3. The minimum Gasteiger partial charge on any atom is -0.393 e. The van der Waals surface area contributed by atoms with E-state index in [4.69, 9.17) is 10.5 Å². The average Bonchev–Trinajstić information content (AvgIpc) is 3.05. The molecule has 0 bridgehead atoms. The van der Waals surface area contributed by atoms with E-state index in [1.54, 1.807) is 6.07 Å². The van der Waals surface area contributed by atoms with Gasteiger partial charge in [0.25, 0.3) is 5.69 Å². The molecule has 0 aliphatic carbocycles. The van der Waals surface area contributed by atoms with Crippen molar-refractivity contribution in [3.05, 3.63) is 46.5 Å². The molecule has 0 saturated carbocycles. The maximum absolute atomic E-state index is 11.1. The van der Waals surface area contributed by atoms with Crippen molar-refractivity contribution in [3.63, 3.8) is 0 Å². The van der Waals surface area contributed by atoms with Crippen molar-refractivity contribution in [1.82, 2.24) is 9.97 Å². The summed E-state index contributed by atoms with van der Waals surface area (Å²) in [6.45, 7) is 3.16. The van der Waals surface area contributed by atoms with Crippen LogP contribution in [-0.2, 0) is 4.74 Å². The molecule has 1 saturated heterocycles. The lowest BCUT2D eigenvalue weighted by atomic mass is 10.1. The number of nitrogen functional groups attached to an aromatic ring is 1. The highest BCUT2D eigenvalue weighted by Gasteiger charge is 2.16. The molecule has 3 N–H and O–H groups in total. The van der Waals surface area contributed by atoms with E-state index in [1.165, 1.54) is 12.1 Å². The van der Waals surface area contributed by atoms with Gasteiger partial charge in [0.2, 0.25) is 0 Å². The van der Waals surface area contributed by atoms with Crippen LogP contribution in [-0.4, -0.2) is 41.2 Å². The second-order valence-corrected chi connectivity index (χ2v) is 5.92. The molecule has 0 amide bonds. The number of aromatic nitrogens is 2. The first-order chi connectivity index (χ1) is 12.1. The summed E-state index contributed by atoms with van der Waals surface area (Å²) in [5.74, 6) is 0.581. The Morgan fingerprint density at radius 1 is 1.20 bits per heavy atom. The molecule has 1 aliphatic heterocycles.